The van der Waals surface area contributed by atoms with E-state index in [4.69, 9.17) is 9.47 Å². The molecule has 11 aromatic rings. The maximum atomic E-state index is 7.02. The fraction of sp³-hybridized carbons (Fsp3) is 0.0333. The quantitative estimate of drug-likeness (QED) is 0.156. The van der Waals surface area contributed by atoms with E-state index in [1.807, 2.05) is 13.8 Å². The molecule has 0 N–H and O–H groups in total. The Morgan fingerprint density at radius 3 is 1.17 bits per heavy atom. The molecular weight excluding hydrogens is 791 g/mol. The van der Waals surface area contributed by atoms with E-state index >= 15 is 0 Å². The first-order valence-corrected chi connectivity index (χ1v) is 22.5. The summed E-state index contributed by atoms with van der Waals surface area (Å²) in [6.45, 7) is 3.94. The second kappa shape index (κ2) is 15.8. The van der Waals surface area contributed by atoms with E-state index in [-0.39, 0.29) is 6.71 Å². The van der Waals surface area contributed by atoms with Crippen molar-refractivity contribution >= 4 is 44.9 Å². The van der Waals surface area contributed by atoms with E-state index in [0.29, 0.717) is 0 Å². The van der Waals surface area contributed by atoms with Crippen molar-refractivity contribution in [3.63, 3.8) is 0 Å². The Morgan fingerprint density at radius 1 is 0.354 bits per heavy atom. The summed E-state index contributed by atoms with van der Waals surface area (Å²) in [7, 11) is 0. The van der Waals surface area contributed by atoms with E-state index in [0.717, 1.165) is 95.5 Å². The summed E-state index contributed by atoms with van der Waals surface area (Å²) in [5.41, 5.74) is 16.7. The van der Waals surface area contributed by atoms with Crippen LogP contribution in [-0.4, -0.2) is 15.8 Å². The van der Waals surface area contributed by atoms with E-state index in [1.165, 1.54) is 21.8 Å². The van der Waals surface area contributed by atoms with Crippen molar-refractivity contribution in [1.29, 1.82) is 0 Å². The highest BCUT2D eigenvalue weighted by Gasteiger charge is 2.42. The first-order chi connectivity index (χ1) is 32.2. The minimum absolute atomic E-state index is 0.0645. The molecule has 0 amide bonds. The fourth-order valence-corrected chi connectivity index (χ4v) is 9.99. The van der Waals surface area contributed by atoms with Gasteiger partial charge in [-0.1, -0.05) is 172 Å². The molecule has 9 aromatic carbocycles. The van der Waals surface area contributed by atoms with Crippen LogP contribution in [0.4, 0.5) is 0 Å². The van der Waals surface area contributed by atoms with Crippen LogP contribution in [0, 0.1) is 0 Å². The summed E-state index contributed by atoms with van der Waals surface area (Å²) < 4.78 is 18.8. The number of fused-ring (bicyclic) bond motifs is 6. The molecule has 0 radical (unpaired) electrons. The molecule has 4 nitrogen and oxygen atoms in total. The van der Waals surface area contributed by atoms with Gasteiger partial charge in [-0.25, -0.2) is 0 Å². The molecular formula is C60H43BN2O2. The van der Waals surface area contributed by atoms with Gasteiger partial charge < -0.3 is 18.6 Å². The van der Waals surface area contributed by atoms with Gasteiger partial charge in [-0.2, -0.15) is 0 Å². The molecule has 0 saturated carbocycles. The Bertz CT molecular complexity index is 3320. The third-order valence-electron chi connectivity index (χ3n) is 12.9. The highest BCUT2D eigenvalue weighted by atomic mass is 16.5. The Balaban J connectivity index is 0.00000219. The molecule has 65 heavy (non-hydrogen) atoms. The predicted octanol–water partition coefficient (Wildman–Crippen LogP) is 14.0. The Hall–Kier alpha value is -8.28. The van der Waals surface area contributed by atoms with Crippen molar-refractivity contribution in [2.24, 2.45) is 0 Å². The highest BCUT2D eigenvalue weighted by Crippen LogP contribution is 2.47. The number of nitrogens with zero attached hydrogens (tertiary/aromatic N) is 2. The summed E-state index contributed by atoms with van der Waals surface area (Å²) in [4.78, 5) is 0. The lowest BCUT2D eigenvalue weighted by atomic mass is 9.34. The number of aromatic nitrogens is 2. The van der Waals surface area contributed by atoms with Gasteiger partial charge >= 0.3 is 0 Å². The molecule has 5 heteroatoms. The van der Waals surface area contributed by atoms with E-state index in [1.54, 1.807) is 0 Å². The molecule has 0 spiro atoms. The molecule has 0 saturated heterocycles. The van der Waals surface area contributed by atoms with Crippen LogP contribution >= 0.6 is 0 Å². The summed E-state index contributed by atoms with van der Waals surface area (Å²) in [6.07, 6.45) is 0. The molecule has 2 aliphatic heterocycles. The van der Waals surface area contributed by atoms with Gasteiger partial charge in [-0.3, -0.25) is 0 Å². The zero-order valence-corrected chi connectivity index (χ0v) is 36.2. The standard InChI is InChI=1S/C58H37BN2O2.C2H6/c1-3-17-44(18-4-1)60-50-23-11-7-15-42(50)35-52(60)40-31-27-38(28-32-40)46-37-47(58-56-57(46)62-54-25-13-9-21-48(54)59(56)49-22-10-14-26-55(49)63-58)39-29-33-41(34-30-39)53-36-43-16-8-12-24-51(43)61(53)45-19-5-2-6-20-45;1-2/h1-37H;1-2H3. The average molecular weight is 835 g/mol. The van der Waals surface area contributed by atoms with Crippen LogP contribution in [0.2, 0.25) is 0 Å². The predicted molar refractivity (Wildman–Crippen MR) is 271 cm³/mol. The average Bonchev–Trinajstić information content (AvgIpc) is 3.97. The maximum absolute atomic E-state index is 7.02. The smallest absolute Gasteiger partial charge is 0.260 e. The second-order valence-corrected chi connectivity index (χ2v) is 16.4. The minimum atomic E-state index is -0.0645. The molecule has 2 aromatic heterocycles. The SMILES string of the molecule is CC.c1ccc(-n2c(-c3ccc(-c4cc(-c5ccc(-c6cc7ccccc7n6-c6ccccc6)cc5)c5c6c4Oc4ccccc4B6c4ccccc4O5)cc3)cc3ccccc32)cc1. The first kappa shape index (κ1) is 38.4. The summed E-state index contributed by atoms with van der Waals surface area (Å²) in [6, 6.07) is 80.1. The van der Waals surface area contributed by atoms with Gasteiger partial charge in [0.2, 0.25) is 0 Å². The monoisotopic (exact) mass is 834 g/mol. The largest absolute Gasteiger partial charge is 0.458 e. The zero-order chi connectivity index (χ0) is 43.4. The fourth-order valence-electron chi connectivity index (χ4n) is 9.99. The third-order valence-corrected chi connectivity index (χ3v) is 12.9. The minimum Gasteiger partial charge on any atom is -0.458 e. The van der Waals surface area contributed by atoms with Gasteiger partial charge in [0.1, 0.15) is 23.0 Å². The van der Waals surface area contributed by atoms with Crippen LogP contribution in [0.25, 0.3) is 77.9 Å². The number of hydrogen-bond acceptors (Lipinski definition) is 2. The van der Waals surface area contributed by atoms with Gasteiger partial charge in [0, 0.05) is 38.7 Å². The van der Waals surface area contributed by atoms with Crippen molar-refractivity contribution in [3.05, 3.63) is 224 Å². The summed E-state index contributed by atoms with van der Waals surface area (Å²) in [5, 5.41) is 2.41. The Morgan fingerprint density at radius 2 is 0.723 bits per heavy atom. The number of benzene rings is 9. The van der Waals surface area contributed by atoms with Gasteiger partial charge in [0.25, 0.3) is 6.71 Å². The molecule has 0 fully saturated rings. The molecule has 13 rings (SSSR count). The number of rotatable bonds is 6. The summed E-state index contributed by atoms with van der Waals surface area (Å²) >= 11 is 0. The lowest BCUT2D eigenvalue weighted by molar-refractivity contribution is 0.467. The normalized spacial score (nSPS) is 12.1. The van der Waals surface area contributed by atoms with Crippen molar-refractivity contribution in [1.82, 2.24) is 9.13 Å². The van der Waals surface area contributed by atoms with Gasteiger partial charge in [-0.15, -0.1) is 0 Å². The molecule has 2 aliphatic rings. The number of ether oxygens (including phenoxy) is 2. The Kier molecular flexibility index (Phi) is 9.34. The van der Waals surface area contributed by atoms with Crippen molar-refractivity contribution in [2.45, 2.75) is 13.8 Å². The van der Waals surface area contributed by atoms with E-state index < -0.39 is 0 Å². The van der Waals surface area contributed by atoms with Crippen LogP contribution in [-0.2, 0) is 0 Å². The molecule has 0 bridgehead atoms. The topological polar surface area (TPSA) is 28.3 Å². The van der Waals surface area contributed by atoms with Gasteiger partial charge in [0.05, 0.1) is 22.4 Å². The van der Waals surface area contributed by atoms with E-state index in [9.17, 15) is 0 Å². The van der Waals surface area contributed by atoms with Crippen molar-refractivity contribution < 1.29 is 9.47 Å². The molecule has 0 unspecified atom stereocenters. The van der Waals surface area contributed by atoms with Crippen LogP contribution in [0.3, 0.4) is 0 Å². The number of hydrogen-bond donors (Lipinski definition) is 0. The van der Waals surface area contributed by atoms with Crippen LogP contribution in [0.15, 0.2) is 224 Å². The number of para-hydroxylation sites is 6. The maximum Gasteiger partial charge on any atom is 0.260 e. The van der Waals surface area contributed by atoms with Gasteiger partial charge in [-0.05, 0) is 99.9 Å². The van der Waals surface area contributed by atoms with Crippen LogP contribution in [0.5, 0.6) is 23.0 Å². The lowest BCUT2D eigenvalue weighted by Gasteiger charge is -2.35. The molecule has 4 heterocycles. The highest BCUT2D eigenvalue weighted by molar-refractivity contribution is 6.98. The zero-order valence-electron chi connectivity index (χ0n) is 36.2. The third kappa shape index (κ3) is 6.30. The summed E-state index contributed by atoms with van der Waals surface area (Å²) in [5.74, 6) is 3.41. The van der Waals surface area contributed by atoms with Crippen LogP contribution in [0.1, 0.15) is 13.8 Å². The van der Waals surface area contributed by atoms with Crippen molar-refractivity contribution in [3.8, 4) is 79.1 Å². The van der Waals surface area contributed by atoms with Gasteiger partial charge in [0.15, 0.2) is 0 Å². The van der Waals surface area contributed by atoms with Crippen LogP contribution < -0.4 is 25.9 Å². The van der Waals surface area contributed by atoms with E-state index in [2.05, 4.69) is 234 Å². The second-order valence-electron chi connectivity index (χ2n) is 16.4. The Labute approximate surface area is 379 Å². The molecule has 0 atom stereocenters. The van der Waals surface area contributed by atoms with Crippen molar-refractivity contribution in [2.75, 3.05) is 0 Å². The molecule has 0 aliphatic carbocycles. The lowest BCUT2D eigenvalue weighted by Crippen LogP contribution is -2.57. The first-order valence-electron chi connectivity index (χ1n) is 22.5. The molecule has 308 valence electrons.